The number of carbonyl (C=O) groups is 1. The van der Waals surface area contributed by atoms with Crippen LogP contribution in [0.15, 0.2) is 36.5 Å². The van der Waals surface area contributed by atoms with Gasteiger partial charge in [-0.1, -0.05) is 30.4 Å². The molecule has 0 aromatic carbocycles. The van der Waals surface area contributed by atoms with Crippen LogP contribution in [0.5, 0.6) is 0 Å². The second kappa shape index (κ2) is 13.1. The predicted octanol–water partition coefficient (Wildman–Crippen LogP) is 3.55. The van der Waals surface area contributed by atoms with Crippen molar-refractivity contribution in [3.05, 3.63) is 36.5 Å². The lowest BCUT2D eigenvalue weighted by atomic mass is 10.1. The number of aliphatic hydroxyl groups excluding tert-OH is 1. The van der Waals surface area contributed by atoms with Crippen LogP contribution in [0.2, 0.25) is 0 Å². The first-order chi connectivity index (χ1) is 9.16. The molecule has 0 aromatic rings. The summed E-state index contributed by atoms with van der Waals surface area (Å²) in [5.74, 6) is -0.298. The number of allylic oxidation sites excluding steroid dienone is 5. The van der Waals surface area contributed by atoms with Crippen LogP contribution in [0, 0.1) is 0 Å². The van der Waals surface area contributed by atoms with Crippen LogP contribution in [0.4, 0.5) is 0 Å². The van der Waals surface area contributed by atoms with Gasteiger partial charge in [0.1, 0.15) is 0 Å². The maximum atomic E-state index is 11.0. The molecule has 1 N–H and O–H groups in total. The number of ether oxygens (including phenoxy) is 1. The van der Waals surface area contributed by atoms with Gasteiger partial charge in [0.05, 0.1) is 12.7 Å². The van der Waals surface area contributed by atoms with Crippen molar-refractivity contribution in [3.8, 4) is 0 Å². The molecule has 0 fully saturated rings. The molecule has 1 unspecified atom stereocenters. The van der Waals surface area contributed by atoms with Gasteiger partial charge in [0.2, 0.25) is 0 Å². The van der Waals surface area contributed by atoms with Crippen LogP contribution in [0.25, 0.3) is 0 Å². The monoisotopic (exact) mass is 266 g/mol. The highest BCUT2D eigenvalue weighted by Crippen LogP contribution is 2.01. The molecule has 0 amide bonds. The molecular formula is C16H26O3. The molecule has 19 heavy (non-hydrogen) atoms. The number of esters is 1. The molecule has 0 heterocycles. The Morgan fingerprint density at radius 3 is 2.53 bits per heavy atom. The molecule has 0 rings (SSSR count). The summed E-state index contributed by atoms with van der Waals surface area (Å²) in [6.07, 6.45) is 16.0. The molecule has 0 aliphatic carbocycles. The van der Waals surface area contributed by atoms with Gasteiger partial charge in [-0.2, -0.15) is 0 Å². The van der Waals surface area contributed by atoms with Crippen molar-refractivity contribution in [3.63, 3.8) is 0 Å². The molecule has 3 heteroatoms. The zero-order valence-electron chi connectivity index (χ0n) is 12.0. The molecule has 0 aromatic heterocycles. The number of hydrogen-bond acceptors (Lipinski definition) is 3. The van der Waals surface area contributed by atoms with Crippen molar-refractivity contribution in [1.82, 2.24) is 0 Å². The smallest absolute Gasteiger partial charge is 0.330 e. The number of hydrogen-bond donors (Lipinski definition) is 1. The maximum Gasteiger partial charge on any atom is 0.330 e. The summed E-state index contributed by atoms with van der Waals surface area (Å²) >= 11 is 0. The first-order valence-corrected chi connectivity index (χ1v) is 6.99. The van der Waals surface area contributed by atoms with E-state index in [0.29, 0.717) is 6.61 Å². The van der Waals surface area contributed by atoms with E-state index in [9.17, 15) is 4.79 Å². The van der Waals surface area contributed by atoms with Gasteiger partial charge in [-0.15, -0.1) is 0 Å². The summed E-state index contributed by atoms with van der Waals surface area (Å²) in [6, 6.07) is 0. The van der Waals surface area contributed by atoms with E-state index < -0.39 is 0 Å². The molecule has 0 saturated carbocycles. The second-order valence-corrected chi connectivity index (χ2v) is 4.37. The minimum absolute atomic E-state index is 0.209. The topological polar surface area (TPSA) is 46.5 Å². The third-order valence-corrected chi connectivity index (χ3v) is 2.43. The van der Waals surface area contributed by atoms with Crippen LogP contribution < -0.4 is 0 Å². The predicted molar refractivity (Wildman–Crippen MR) is 78.8 cm³/mol. The minimum Gasteiger partial charge on any atom is -0.463 e. The lowest BCUT2D eigenvalue weighted by Crippen LogP contribution is -1.98. The van der Waals surface area contributed by atoms with Crippen molar-refractivity contribution in [2.24, 2.45) is 0 Å². The average molecular weight is 266 g/mol. The fourth-order valence-corrected chi connectivity index (χ4v) is 1.43. The molecule has 0 spiro atoms. The molecule has 3 nitrogen and oxygen atoms in total. The Morgan fingerprint density at radius 1 is 1.16 bits per heavy atom. The Kier molecular flexibility index (Phi) is 12.2. The summed E-state index contributed by atoms with van der Waals surface area (Å²) in [5, 5.41) is 9.07. The highest BCUT2D eigenvalue weighted by atomic mass is 16.5. The Labute approximate surface area is 116 Å². The van der Waals surface area contributed by atoms with Crippen molar-refractivity contribution >= 4 is 5.97 Å². The third-order valence-electron chi connectivity index (χ3n) is 2.43. The zero-order valence-corrected chi connectivity index (χ0v) is 12.0. The molecule has 0 radical (unpaired) electrons. The highest BCUT2D eigenvalue weighted by molar-refractivity contribution is 5.82. The molecule has 0 saturated heterocycles. The standard InChI is InChI=1S/C16H26O3/c1-3-19-16(18)14-12-10-8-6-4-5-7-9-11-13-15(2)17/h7-10,12,14-15,17H,3-6,11,13H2,1-2H3/b9-7+,10-8+,14-12+. The van der Waals surface area contributed by atoms with Crippen LogP contribution in [-0.4, -0.2) is 23.8 Å². The largest absolute Gasteiger partial charge is 0.463 e. The van der Waals surface area contributed by atoms with Gasteiger partial charge in [-0.25, -0.2) is 4.79 Å². The van der Waals surface area contributed by atoms with Crippen molar-refractivity contribution in [1.29, 1.82) is 0 Å². The molecular weight excluding hydrogens is 240 g/mol. The maximum absolute atomic E-state index is 11.0. The summed E-state index contributed by atoms with van der Waals surface area (Å²) in [4.78, 5) is 11.0. The van der Waals surface area contributed by atoms with Crippen molar-refractivity contribution in [2.45, 2.75) is 52.1 Å². The minimum atomic E-state index is -0.298. The van der Waals surface area contributed by atoms with Gasteiger partial charge in [0.25, 0.3) is 0 Å². The number of rotatable bonds is 10. The third kappa shape index (κ3) is 14.6. The van der Waals surface area contributed by atoms with E-state index in [1.807, 2.05) is 19.1 Å². The van der Waals surface area contributed by atoms with E-state index in [2.05, 4.69) is 12.2 Å². The average Bonchev–Trinajstić information content (AvgIpc) is 2.36. The fraction of sp³-hybridized carbons (Fsp3) is 0.562. The Hall–Kier alpha value is -1.35. The Morgan fingerprint density at radius 2 is 1.84 bits per heavy atom. The van der Waals surface area contributed by atoms with E-state index in [4.69, 9.17) is 9.84 Å². The molecule has 0 aliphatic heterocycles. The van der Waals surface area contributed by atoms with E-state index in [1.165, 1.54) is 6.08 Å². The normalized spacial score (nSPS) is 13.6. The van der Waals surface area contributed by atoms with Crippen molar-refractivity contribution in [2.75, 3.05) is 6.61 Å². The van der Waals surface area contributed by atoms with Crippen LogP contribution in [0.1, 0.15) is 46.0 Å². The second-order valence-electron chi connectivity index (χ2n) is 4.37. The van der Waals surface area contributed by atoms with Crippen molar-refractivity contribution < 1.29 is 14.6 Å². The quantitative estimate of drug-likeness (QED) is 0.216. The summed E-state index contributed by atoms with van der Waals surface area (Å²) in [6.45, 7) is 4.01. The first kappa shape index (κ1) is 17.6. The van der Waals surface area contributed by atoms with E-state index >= 15 is 0 Å². The first-order valence-electron chi connectivity index (χ1n) is 6.99. The van der Waals surface area contributed by atoms with Crippen LogP contribution >= 0.6 is 0 Å². The van der Waals surface area contributed by atoms with Crippen LogP contribution in [-0.2, 0) is 9.53 Å². The molecule has 0 aliphatic rings. The molecule has 108 valence electrons. The van der Waals surface area contributed by atoms with E-state index in [-0.39, 0.29) is 12.1 Å². The van der Waals surface area contributed by atoms with Gasteiger partial charge in [-0.05, 0) is 46.0 Å². The lowest BCUT2D eigenvalue weighted by molar-refractivity contribution is -0.137. The van der Waals surface area contributed by atoms with Crippen LogP contribution in [0.3, 0.4) is 0 Å². The zero-order chi connectivity index (χ0) is 14.3. The summed E-state index contributed by atoms with van der Waals surface area (Å²) < 4.78 is 4.75. The van der Waals surface area contributed by atoms with Gasteiger partial charge in [-0.3, -0.25) is 0 Å². The van der Waals surface area contributed by atoms with Gasteiger partial charge < -0.3 is 9.84 Å². The molecule has 1 atom stereocenters. The van der Waals surface area contributed by atoms with E-state index in [1.54, 1.807) is 13.0 Å². The Balaban J connectivity index is 3.46. The van der Waals surface area contributed by atoms with E-state index in [0.717, 1.165) is 32.1 Å². The SMILES string of the molecule is CCOC(=O)/C=C/C=C/CCC/C=C/CCC(C)O. The number of unbranched alkanes of at least 4 members (excludes halogenated alkanes) is 2. The molecule has 0 bridgehead atoms. The number of aliphatic hydroxyl groups is 1. The van der Waals surface area contributed by atoms with Gasteiger partial charge >= 0.3 is 5.97 Å². The summed E-state index contributed by atoms with van der Waals surface area (Å²) in [5.41, 5.74) is 0. The van der Waals surface area contributed by atoms with Gasteiger partial charge in [0.15, 0.2) is 0 Å². The number of carbonyl (C=O) groups excluding carboxylic acids is 1. The Bertz CT molecular complexity index is 301. The van der Waals surface area contributed by atoms with Gasteiger partial charge in [0, 0.05) is 6.08 Å². The highest BCUT2D eigenvalue weighted by Gasteiger charge is 1.91. The fourth-order valence-electron chi connectivity index (χ4n) is 1.43. The summed E-state index contributed by atoms with van der Waals surface area (Å²) in [7, 11) is 0. The lowest BCUT2D eigenvalue weighted by Gasteiger charge is -1.98.